The summed E-state index contributed by atoms with van der Waals surface area (Å²) in [7, 11) is 3.56. The summed E-state index contributed by atoms with van der Waals surface area (Å²) in [5.41, 5.74) is 2.16. The molecule has 2 heteroatoms. The first-order valence-corrected chi connectivity index (χ1v) is 4.30. The summed E-state index contributed by atoms with van der Waals surface area (Å²) >= 11 is 0. The van der Waals surface area contributed by atoms with Crippen molar-refractivity contribution in [2.45, 2.75) is 6.92 Å². The fourth-order valence-electron chi connectivity index (χ4n) is 1.21. The summed E-state index contributed by atoms with van der Waals surface area (Å²) in [5.74, 6) is 0.873. The van der Waals surface area contributed by atoms with E-state index in [0.717, 1.165) is 17.0 Å². The molecule has 1 N–H and O–H groups in total. The predicted molar refractivity (Wildman–Crippen MR) is 57.2 cm³/mol. The number of ether oxygens (including phenoxy) is 1. The van der Waals surface area contributed by atoms with Crippen molar-refractivity contribution in [3.63, 3.8) is 0 Å². The maximum atomic E-state index is 5.23. The van der Waals surface area contributed by atoms with Gasteiger partial charge < -0.3 is 10.1 Å². The van der Waals surface area contributed by atoms with Crippen LogP contribution in [0.3, 0.4) is 0 Å². The second kappa shape index (κ2) is 4.55. The Hall–Kier alpha value is -1.44. The zero-order valence-corrected chi connectivity index (χ0v) is 8.29. The quantitative estimate of drug-likeness (QED) is 0.766. The first-order chi connectivity index (χ1) is 6.31. The SMILES string of the molecule is CC=Cc1ccc(NC)c(OC)c1. The Kier molecular flexibility index (Phi) is 3.38. The molecule has 0 fully saturated rings. The molecular weight excluding hydrogens is 162 g/mol. The van der Waals surface area contributed by atoms with Crippen molar-refractivity contribution in [3.05, 3.63) is 29.8 Å². The van der Waals surface area contributed by atoms with Crippen molar-refractivity contribution in [2.24, 2.45) is 0 Å². The highest BCUT2D eigenvalue weighted by atomic mass is 16.5. The third-order valence-electron chi connectivity index (χ3n) is 1.85. The van der Waals surface area contributed by atoms with E-state index in [2.05, 4.69) is 5.32 Å². The largest absolute Gasteiger partial charge is 0.495 e. The molecule has 0 radical (unpaired) electrons. The lowest BCUT2D eigenvalue weighted by molar-refractivity contribution is 0.416. The lowest BCUT2D eigenvalue weighted by Crippen LogP contribution is -1.93. The molecule has 0 amide bonds. The van der Waals surface area contributed by atoms with E-state index < -0.39 is 0 Å². The highest BCUT2D eigenvalue weighted by molar-refractivity contribution is 5.62. The molecule has 0 aliphatic heterocycles. The van der Waals surface area contributed by atoms with Crippen LogP contribution in [0.5, 0.6) is 5.75 Å². The van der Waals surface area contributed by atoms with Crippen molar-refractivity contribution in [1.82, 2.24) is 0 Å². The minimum atomic E-state index is 0.873. The van der Waals surface area contributed by atoms with Crippen molar-refractivity contribution in [3.8, 4) is 5.75 Å². The number of nitrogens with one attached hydrogen (secondary N) is 1. The molecule has 0 heterocycles. The van der Waals surface area contributed by atoms with Crippen LogP contribution in [0, 0.1) is 0 Å². The Morgan fingerprint density at radius 3 is 2.69 bits per heavy atom. The average Bonchev–Trinajstić information content (AvgIpc) is 2.18. The van der Waals surface area contributed by atoms with Gasteiger partial charge in [0, 0.05) is 7.05 Å². The third-order valence-corrected chi connectivity index (χ3v) is 1.85. The summed E-state index contributed by atoms with van der Waals surface area (Å²) in [5, 5.41) is 3.07. The zero-order valence-electron chi connectivity index (χ0n) is 8.29. The van der Waals surface area contributed by atoms with Crippen LogP contribution < -0.4 is 10.1 Å². The molecular formula is C11H15NO. The van der Waals surface area contributed by atoms with Crippen LogP contribution in [0.2, 0.25) is 0 Å². The molecule has 2 nitrogen and oxygen atoms in total. The monoisotopic (exact) mass is 177 g/mol. The van der Waals surface area contributed by atoms with Crippen molar-refractivity contribution in [2.75, 3.05) is 19.5 Å². The maximum Gasteiger partial charge on any atom is 0.142 e. The average molecular weight is 177 g/mol. The van der Waals surface area contributed by atoms with E-state index in [4.69, 9.17) is 4.74 Å². The van der Waals surface area contributed by atoms with E-state index in [-0.39, 0.29) is 0 Å². The highest BCUT2D eigenvalue weighted by Gasteiger charge is 1.99. The van der Waals surface area contributed by atoms with Gasteiger partial charge in [0.15, 0.2) is 0 Å². The minimum Gasteiger partial charge on any atom is -0.495 e. The normalized spacial score (nSPS) is 10.4. The maximum absolute atomic E-state index is 5.23. The van der Waals surface area contributed by atoms with E-state index in [1.807, 2.05) is 44.3 Å². The van der Waals surface area contributed by atoms with Gasteiger partial charge in [-0.05, 0) is 24.6 Å². The van der Waals surface area contributed by atoms with Crippen LogP contribution in [-0.2, 0) is 0 Å². The molecule has 1 aromatic rings. The van der Waals surface area contributed by atoms with Gasteiger partial charge in [-0.1, -0.05) is 18.2 Å². The Labute approximate surface area is 79.2 Å². The second-order valence-corrected chi connectivity index (χ2v) is 2.71. The van der Waals surface area contributed by atoms with Gasteiger partial charge in [-0.15, -0.1) is 0 Å². The molecule has 70 valence electrons. The summed E-state index contributed by atoms with van der Waals surface area (Å²) in [6.07, 6.45) is 4.05. The summed E-state index contributed by atoms with van der Waals surface area (Å²) < 4.78 is 5.23. The minimum absolute atomic E-state index is 0.873. The van der Waals surface area contributed by atoms with Gasteiger partial charge in [-0.3, -0.25) is 0 Å². The van der Waals surface area contributed by atoms with Crippen molar-refractivity contribution < 1.29 is 4.74 Å². The molecule has 0 spiro atoms. The standard InChI is InChI=1S/C11H15NO/c1-4-5-9-6-7-10(12-2)11(8-9)13-3/h4-8,12H,1-3H3. The summed E-state index contributed by atoms with van der Waals surface area (Å²) in [6.45, 7) is 2.00. The molecule has 0 unspecified atom stereocenters. The van der Waals surface area contributed by atoms with E-state index in [0.29, 0.717) is 0 Å². The number of hydrogen-bond acceptors (Lipinski definition) is 2. The molecule has 0 saturated heterocycles. The van der Waals surface area contributed by atoms with Gasteiger partial charge in [0.25, 0.3) is 0 Å². The molecule has 0 bridgehead atoms. The van der Waals surface area contributed by atoms with Gasteiger partial charge in [-0.25, -0.2) is 0 Å². The highest BCUT2D eigenvalue weighted by Crippen LogP contribution is 2.25. The van der Waals surface area contributed by atoms with Crippen LogP contribution in [0.4, 0.5) is 5.69 Å². The Bertz CT molecular complexity index is 305. The molecule has 0 aromatic heterocycles. The molecule has 0 aliphatic carbocycles. The zero-order chi connectivity index (χ0) is 9.68. The van der Waals surface area contributed by atoms with Gasteiger partial charge in [0.05, 0.1) is 12.8 Å². The summed E-state index contributed by atoms with van der Waals surface area (Å²) in [4.78, 5) is 0. The van der Waals surface area contributed by atoms with E-state index in [1.165, 1.54) is 0 Å². The molecule has 0 saturated carbocycles. The molecule has 1 aromatic carbocycles. The van der Waals surface area contributed by atoms with Crippen LogP contribution in [0.1, 0.15) is 12.5 Å². The fraction of sp³-hybridized carbons (Fsp3) is 0.273. The third kappa shape index (κ3) is 2.25. The Balaban J connectivity index is 3.05. The van der Waals surface area contributed by atoms with E-state index in [1.54, 1.807) is 7.11 Å². The summed E-state index contributed by atoms with van der Waals surface area (Å²) in [6, 6.07) is 6.06. The predicted octanol–water partition coefficient (Wildman–Crippen LogP) is 2.77. The van der Waals surface area contributed by atoms with Crippen LogP contribution >= 0.6 is 0 Å². The van der Waals surface area contributed by atoms with E-state index >= 15 is 0 Å². The Morgan fingerprint density at radius 1 is 1.38 bits per heavy atom. The molecule has 0 atom stereocenters. The van der Waals surface area contributed by atoms with Crippen molar-refractivity contribution in [1.29, 1.82) is 0 Å². The lowest BCUT2D eigenvalue weighted by atomic mass is 10.2. The topological polar surface area (TPSA) is 21.3 Å². The number of rotatable bonds is 3. The van der Waals surface area contributed by atoms with E-state index in [9.17, 15) is 0 Å². The first kappa shape index (κ1) is 9.65. The van der Waals surface area contributed by atoms with Crippen molar-refractivity contribution >= 4 is 11.8 Å². The fourth-order valence-corrected chi connectivity index (χ4v) is 1.21. The second-order valence-electron chi connectivity index (χ2n) is 2.71. The van der Waals surface area contributed by atoms with Crippen LogP contribution in [0.25, 0.3) is 6.08 Å². The first-order valence-electron chi connectivity index (χ1n) is 4.30. The molecule has 13 heavy (non-hydrogen) atoms. The lowest BCUT2D eigenvalue weighted by Gasteiger charge is -2.08. The number of allylic oxidation sites excluding steroid dienone is 1. The Morgan fingerprint density at radius 2 is 2.15 bits per heavy atom. The smallest absolute Gasteiger partial charge is 0.142 e. The van der Waals surface area contributed by atoms with Gasteiger partial charge in [0.1, 0.15) is 5.75 Å². The van der Waals surface area contributed by atoms with Crippen LogP contribution in [0.15, 0.2) is 24.3 Å². The molecule has 1 rings (SSSR count). The number of hydrogen-bond donors (Lipinski definition) is 1. The number of anilines is 1. The van der Waals surface area contributed by atoms with Gasteiger partial charge in [-0.2, -0.15) is 0 Å². The number of methoxy groups -OCH3 is 1. The van der Waals surface area contributed by atoms with Crippen LogP contribution in [-0.4, -0.2) is 14.2 Å². The number of benzene rings is 1. The van der Waals surface area contributed by atoms with Gasteiger partial charge >= 0.3 is 0 Å². The van der Waals surface area contributed by atoms with Gasteiger partial charge in [0.2, 0.25) is 0 Å². The molecule has 0 aliphatic rings.